The molecule has 1 heterocycles. The van der Waals surface area contributed by atoms with Crippen molar-refractivity contribution in [3.05, 3.63) is 29.3 Å². The first-order chi connectivity index (χ1) is 8.11. The Bertz CT molecular complexity index is 504. The van der Waals surface area contributed by atoms with Crippen LogP contribution in [-0.4, -0.2) is 24.6 Å². The zero-order valence-corrected chi connectivity index (χ0v) is 9.93. The molecule has 1 aliphatic heterocycles. The molecule has 0 spiro atoms. The number of carbonyl (C=O) groups excluding carboxylic acids is 2. The second-order valence-electron chi connectivity index (χ2n) is 4.37. The summed E-state index contributed by atoms with van der Waals surface area (Å²) in [6.45, 7) is 4.46. The van der Waals surface area contributed by atoms with Gasteiger partial charge in [0.25, 0.3) is 0 Å². The number of aliphatic imine (C=N–C) groups is 1. The summed E-state index contributed by atoms with van der Waals surface area (Å²) in [6.07, 6.45) is 1.82. The highest BCUT2D eigenvalue weighted by molar-refractivity contribution is 5.97. The van der Waals surface area contributed by atoms with E-state index in [2.05, 4.69) is 4.99 Å². The zero-order valence-electron chi connectivity index (χ0n) is 9.93. The molecule has 1 aromatic carbocycles. The van der Waals surface area contributed by atoms with E-state index in [9.17, 15) is 9.59 Å². The van der Waals surface area contributed by atoms with Gasteiger partial charge in [-0.05, 0) is 25.5 Å². The predicted octanol–water partition coefficient (Wildman–Crippen LogP) is 1.74. The van der Waals surface area contributed by atoms with Crippen molar-refractivity contribution in [3.63, 3.8) is 0 Å². The van der Waals surface area contributed by atoms with Crippen LogP contribution < -0.4 is 4.90 Å². The van der Waals surface area contributed by atoms with Gasteiger partial charge in [0.1, 0.15) is 0 Å². The number of rotatable bonds is 2. The van der Waals surface area contributed by atoms with Gasteiger partial charge in [0.15, 0.2) is 0 Å². The molecule has 1 aromatic rings. The Balaban J connectivity index is 2.28. The molecule has 1 atom stereocenters. The largest absolute Gasteiger partial charge is 0.310 e. The van der Waals surface area contributed by atoms with E-state index in [0.717, 1.165) is 11.3 Å². The first-order valence-corrected chi connectivity index (χ1v) is 5.56. The van der Waals surface area contributed by atoms with Gasteiger partial charge in [0.2, 0.25) is 12.0 Å². The summed E-state index contributed by atoms with van der Waals surface area (Å²) >= 11 is 0. The third kappa shape index (κ3) is 2.27. The molecule has 0 saturated carbocycles. The molecule has 0 aliphatic carbocycles. The van der Waals surface area contributed by atoms with Gasteiger partial charge in [-0.15, -0.1) is 0 Å². The molecule has 1 aliphatic rings. The normalized spacial score (nSPS) is 19.3. The number of hydrogen-bond donors (Lipinski definition) is 0. The molecule has 88 valence electrons. The van der Waals surface area contributed by atoms with Crippen LogP contribution in [0.3, 0.4) is 0 Å². The average Bonchev–Trinajstić information content (AvgIpc) is 2.60. The van der Waals surface area contributed by atoms with Crippen molar-refractivity contribution in [1.82, 2.24) is 0 Å². The monoisotopic (exact) mass is 230 g/mol. The quantitative estimate of drug-likeness (QED) is 0.574. The Morgan fingerprint density at radius 3 is 2.82 bits per heavy atom. The fourth-order valence-electron chi connectivity index (χ4n) is 2.19. The molecular formula is C13H14N2O2. The molecular weight excluding hydrogens is 216 g/mol. The van der Waals surface area contributed by atoms with E-state index in [4.69, 9.17) is 0 Å². The van der Waals surface area contributed by atoms with Crippen molar-refractivity contribution < 1.29 is 9.59 Å². The number of hydrogen-bond acceptors (Lipinski definition) is 3. The lowest BCUT2D eigenvalue weighted by Crippen LogP contribution is -2.25. The van der Waals surface area contributed by atoms with Crippen molar-refractivity contribution in [2.45, 2.75) is 26.3 Å². The molecule has 1 fully saturated rings. The van der Waals surface area contributed by atoms with Gasteiger partial charge in [-0.25, -0.2) is 9.79 Å². The number of benzene rings is 1. The number of nitrogens with zero attached hydrogens (tertiary/aromatic N) is 2. The van der Waals surface area contributed by atoms with Crippen LogP contribution in [-0.2, 0) is 9.59 Å². The molecule has 17 heavy (non-hydrogen) atoms. The highest BCUT2D eigenvalue weighted by Crippen LogP contribution is 2.26. The summed E-state index contributed by atoms with van der Waals surface area (Å²) in [7, 11) is 0. The predicted molar refractivity (Wildman–Crippen MR) is 64.8 cm³/mol. The Labute approximate surface area is 100.0 Å². The lowest BCUT2D eigenvalue weighted by Gasteiger charge is -2.18. The highest BCUT2D eigenvalue weighted by Gasteiger charge is 2.31. The topological polar surface area (TPSA) is 49.7 Å². The third-order valence-corrected chi connectivity index (χ3v) is 2.98. The number of anilines is 1. The SMILES string of the molecule is Cc1ccc(N2CC(N=C=O)CC2=O)c(C)c1. The van der Waals surface area contributed by atoms with Crippen LogP contribution in [0.2, 0.25) is 0 Å². The second-order valence-corrected chi connectivity index (χ2v) is 4.37. The number of isocyanates is 1. The molecule has 1 unspecified atom stereocenters. The van der Waals surface area contributed by atoms with Crippen LogP contribution in [0.25, 0.3) is 0 Å². The van der Waals surface area contributed by atoms with Gasteiger partial charge in [-0.3, -0.25) is 4.79 Å². The van der Waals surface area contributed by atoms with Gasteiger partial charge >= 0.3 is 0 Å². The smallest absolute Gasteiger partial charge is 0.235 e. The summed E-state index contributed by atoms with van der Waals surface area (Å²) in [6, 6.07) is 5.71. The minimum Gasteiger partial charge on any atom is -0.310 e. The van der Waals surface area contributed by atoms with Crippen LogP contribution in [0.5, 0.6) is 0 Å². The molecule has 4 heteroatoms. The van der Waals surface area contributed by atoms with Crippen molar-refractivity contribution in [3.8, 4) is 0 Å². The Kier molecular flexibility index (Phi) is 3.07. The van der Waals surface area contributed by atoms with Crippen LogP contribution in [0, 0.1) is 13.8 Å². The summed E-state index contributed by atoms with van der Waals surface area (Å²) < 4.78 is 0. The molecule has 4 nitrogen and oxygen atoms in total. The van der Waals surface area contributed by atoms with Crippen LogP contribution in [0.15, 0.2) is 23.2 Å². The maximum atomic E-state index is 11.8. The standard InChI is InChI=1S/C13H14N2O2/c1-9-3-4-12(10(2)5-9)15-7-11(14-8-16)6-13(15)17/h3-5,11H,6-7H2,1-2H3. The lowest BCUT2D eigenvalue weighted by molar-refractivity contribution is -0.117. The van der Waals surface area contributed by atoms with Crippen LogP contribution >= 0.6 is 0 Å². The first-order valence-electron chi connectivity index (χ1n) is 5.56. The summed E-state index contributed by atoms with van der Waals surface area (Å²) in [4.78, 5) is 27.4. The van der Waals surface area contributed by atoms with E-state index in [0.29, 0.717) is 13.0 Å². The van der Waals surface area contributed by atoms with Crippen LogP contribution in [0.4, 0.5) is 5.69 Å². The highest BCUT2D eigenvalue weighted by atomic mass is 16.2. The molecule has 0 radical (unpaired) electrons. The van der Waals surface area contributed by atoms with Gasteiger partial charge in [0.05, 0.1) is 12.5 Å². The van der Waals surface area contributed by atoms with E-state index in [-0.39, 0.29) is 11.9 Å². The summed E-state index contributed by atoms with van der Waals surface area (Å²) in [5.74, 6) is 0.0148. The summed E-state index contributed by atoms with van der Waals surface area (Å²) in [5.41, 5.74) is 3.14. The second kappa shape index (κ2) is 4.52. The van der Waals surface area contributed by atoms with Crippen molar-refractivity contribution in [1.29, 1.82) is 0 Å². The van der Waals surface area contributed by atoms with E-state index in [1.165, 1.54) is 11.6 Å². The third-order valence-electron chi connectivity index (χ3n) is 2.98. The fourth-order valence-corrected chi connectivity index (χ4v) is 2.19. The maximum absolute atomic E-state index is 11.8. The first kappa shape index (κ1) is 11.6. The molecule has 2 rings (SSSR count). The number of aryl methyl sites for hydroxylation is 2. The van der Waals surface area contributed by atoms with Gasteiger partial charge in [-0.1, -0.05) is 17.7 Å². The Morgan fingerprint density at radius 1 is 1.41 bits per heavy atom. The van der Waals surface area contributed by atoms with Crippen molar-refractivity contribution in [2.24, 2.45) is 4.99 Å². The Morgan fingerprint density at radius 2 is 2.18 bits per heavy atom. The number of carbonyl (C=O) groups is 1. The lowest BCUT2D eigenvalue weighted by atomic mass is 10.1. The molecule has 1 amide bonds. The van der Waals surface area contributed by atoms with E-state index >= 15 is 0 Å². The van der Waals surface area contributed by atoms with Gasteiger partial charge < -0.3 is 4.90 Å². The average molecular weight is 230 g/mol. The molecule has 0 bridgehead atoms. The van der Waals surface area contributed by atoms with Crippen molar-refractivity contribution >= 4 is 17.7 Å². The summed E-state index contributed by atoms with van der Waals surface area (Å²) in [5, 5.41) is 0. The minimum absolute atomic E-state index is 0.0148. The van der Waals surface area contributed by atoms with E-state index in [1.807, 2.05) is 32.0 Å². The molecule has 1 saturated heterocycles. The van der Waals surface area contributed by atoms with Crippen molar-refractivity contribution in [2.75, 3.05) is 11.4 Å². The minimum atomic E-state index is -0.249. The van der Waals surface area contributed by atoms with Gasteiger partial charge in [0, 0.05) is 12.2 Å². The number of amides is 1. The Hall–Kier alpha value is -1.93. The van der Waals surface area contributed by atoms with E-state index < -0.39 is 0 Å². The fraction of sp³-hybridized carbons (Fsp3) is 0.385. The van der Waals surface area contributed by atoms with Crippen LogP contribution in [0.1, 0.15) is 17.5 Å². The van der Waals surface area contributed by atoms with E-state index in [1.54, 1.807) is 4.90 Å². The maximum Gasteiger partial charge on any atom is 0.235 e. The molecule has 0 N–H and O–H groups in total. The molecule has 0 aromatic heterocycles. The zero-order chi connectivity index (χ0) is 12.4. The van der Waals surface area contributed by atoms with Gasteiger partial charge in [-0.2, -0.15) is 0 Å².